The van der Waals surface area contributed by atoms with Gasteiger partial charge in [-0.2, -0.15) is 8.42 Å². The number of carbonyl (C=O) groups is 1. The van der Waals surface area contributed by atoms with Gasteiger partial charge in [-0.3, -0.25) is 4.79 Å². The lowest BCUT2D eigenvalue weighted by molar-refractivity contribution is 0.0865. The zero-order valence-electron chi connectivity index (χ0n) is 10.2. The van der Waals surface area contributed by atoms with Crippen LogP contribution in [0.25, 0.3) is 0 Å². The summed E-state index contributed by atoms with van der Waals surface area (Å²) in [7, 11) is -3.83. The molecule has 7 heteroatoms. The number of hydrogen-bond donors (Lipinski definition) is 0. The number of carbonyl (C=O) groups excluding carboxylic acids is 1. The number of fused-ring (bicyclic) bond motifs is 1. The van der Waals surface area contributed by atoms with E-state index >= 15 is 0 Å². The van der Waals surface area contributed by atoms with Crippen LogP contribution in [-0.2, 0) is 16.6 Å². The number of hydrogen-bond acceptors (Lipinski definition) is 4. The molecule has 20 heavy (non-hydrogen) atoms. The van der Waals surface area contributed by atoms with Gasteiger partial charge in [-0.05, 0) is 52.4 Å². The van der Waals surface area contributed by atoms with Gasteiger partial charge in [0.15, 0.2) is 5.03 Å². The predicted molar refractivity (Wildman–Crippen MR) is 80.5 cm³/mol. The van der Waals surface area contributed by atoms with Crippen LogP contribution in [0.4, 0.5) is 0 Å². The van der Waals surface area contributed by atoms with Crippen LogP contribution in [0.2, 0.25) is 0 Å². The number of sulfonamides is 1. The first-order chi connectivity index (χ1) is 9.50. The molecule has 0 bridgehead atoms. The number of pyridine rings is 1. The predicted octanol–water partition coefficient (Wildman–Crippen LogP) is 2.03. The molecule has 0 unspecified atom stereocenters. The van der Waals surface area contributed by atoms with E-state index in [1.54, 1.807) is 18.2 Å². The first-order valence-corrected chi connectivity index (χ1v) is 8.28. The Morgan fingerprint density at radius 1 is 1.15 bits per heavy atom. The number of benzene rings is 1. The lowest BCUT2D eigenvalue weighted by Gasteiger charge is -2.14. The first kappa shape index (κ1) is 13.5. The quantitative estimate of drug-likeness (QED) is 0.724. The third-order valence-corrected chi connectivity index (χ3v) is 5.41. The van der Waals surface area contributed by atoms with Gasteiger partial charge in [-0.25, -0.2) is 9.29 Å². The molecule has 1 aliphatic rings. The number of halogens is 1. The minimum atomic E-state index is -3.83. The molecule has 0 atom stereocenters. The first-order valence-electron chi connectivity index (χ1n) is 5.77. The van der Waals surface area contributed by atoms with Gasteiger partial charge < -0.3 is 0 Å². The second-order valence-electron chi connectivity index (χ2n) is 4.30. The standard InChI is InChI=1S/C13H9IN2O3S/c14-10-5-3-9(4-6-10)8-16-13(17)11-2-1-7-15-12(11)20(16,18)19/h1-7H,8H2. The van der Waals surface area contributed by atoms with E-state index in [9.17, 15) is 13.2 Å². The summed E-state index contributed by atoms with van der Waals surface area (Å²) in [6.45, 7) is 0.0223. The van der Waals surface area contributed by atoms with Gasteiger partial charge in [0, 0.05) is 9.77 Å². The fourth-order valence-electron chi connectivity index (χ4n) is 2.02. The zero-order valence-corrected chi connectivity index (χ0v) is 13.1. The fraction of sp³-hybridized carbons (Fsp3) is 0.0769. The second-order valence-corrected chi connectivity index (χ2v) is 7.32. The molecule has 0 N–H and O–H groups in total. The molecule has 1 aromatic heterocycles. The van der Waals surface area contributed by atoms with Crippen molar-refractivity contribution in [2.45, 2.75) is 11.6 Å². The van der Waals surface area contributed by atoms with Gasteiger partial charge in [0.25, 0.3) is 15.9 Å². The van der Waals surface area contributed by atoms with Gasteiger partial charge in [0.2, 0.25) is 0 Å². The Morgan fingerprint density at radius 2 is 1.85 bits per heavy atom. The fourth-order valence-corrected chi connectivity index (χ4v) is 3.85. The van der Waals surface area contributed by atoms with Crippen LogP contribution in [0.5, 0.6) is 0 Å². The van der Waals surface area contributed by atoms with Crippen LogP contribution in [0, 0.1) is 3.57 Å². The van der Waals surface area contributed by atoms with Crippen LogP contribution in [-0.4, -0.2) is 23.6 Å². The number of nitrogens with zero attached hydrogens (tertiary/aromatic N) is 2. The SMILES string of the molecule is O=C1c2cccnc2S(=O)(=O)N1Cc1ccc(I)cc1. The van der Waals surface area contributed by atoms with Crippen molar-refractivity contribution in [3.8, 4) is 0 Å². The molecule has 1 aliphatic heterocycles. The van der Waals surface area contributed by atoms with Crippen LogP contribution in [0.1, 0.15) is 15.9 Å². The highest BCUT2D eigenvalue weighted by Crippen LogP contribution is 2.29. The van der Waals surface area contributed by atoms with Crippen molar-refractivity contribution in [3.05, 3.63) is 57.3 Å². The Kier molecular flexibility index (Phi) is 3.25. The maximum atomic E-state index is 12.3. The molecule has 0 spiro atoms. The normalized spacial score (nSPS) is 16.2. The van der Waals surface area contributed by atoms with E-state index in [1.807, 2.05) is 12.1 Å². The maximum Gasteiger partial charge on any atom is 0.285 e. The Morgan fingerprint density at radius 3 is 2.50 bits per heavy atom. The monoisotopic (exact) mass is 400 g/mol. The zero-order chi connectivity index (χ0) is 14.3. The molecule has 102 valence electrons. The van der Waals surface area contributed by atoms with Gasteiger partial charge in [-0.1, -0.05) is 12.1 Å². The van der Waals surface area contributed by atoms with Gasteiger partial charge >= 0.3 is 0 Å². The summed E-state index contributed by atoms with van der Waals surface area (Å²) in [5.41, 5.74) is 0.896. The molecular formula is C13H9IN2O3S. The molecule has 0 fully saturated rings. The van der Waals surface area contributed by atoms with E-state index in [1.165, 1.54) is 12.3 Å². The van der Waals surface area contributed by atoms with Gasteiger partial charge in [-0.15, -0.1) is 0 Å². The van der Waals surface area contributed by atoms with Crippen molar-refractivity contribution in [3.63, 3.8) is 0 Å². The molecule has 0 radical (unpaired) electrons. The van der Waals surface area contributed by atoms with Gasteiger partial charge in [0.1, 0.15) is 0 Å². The summed E-state index contributed by atoms with van der Waals surface area (Å²) < 4.78 is 26.5. The second kappa shape index (κ2) is 4.81. The molecule has 3 rings (SSSR count). The maximum absolute atomic E-state index is 12.3. The molecule has 1 aromatic carbocycles. The molecule has 0 saturated heterocycles. The van der Waals surface area contributed by atoms with Crippen LogP contribution in [0.15, 0.2) is 47.6 Å². The van der Waals surface area contributed by atoms with E-state index in [2.05, 4.69) is 27.6 Å². The highest BCUT2D eigenvalue weighted by atomic mass is 127. The average molecular weight is 400 g/mol. The molecule has 2 heterocycles. The van der Waals surface area contributed by atoms with Crippen molar-refractivity contribution in [2.75, 3.05) is 0 Å². The number of rotatable bonds is 2. The van der Waals surface area contributed by atoms with Crippen LogP contribution >= 0.6 is 22.6 Å². The highest BCUT2D eigenvalue weighted by molar-refractivity contribution is 14.1. The lowest BCUT2D eigenvalue weighted by atomic mass is 10.2. The van der Waals surface area contributed by atoms with Crippen molar-refractivity contribution in [1.82, 2.24) is 9.29 Å². The Bertz CT molecular complexity index is 788. The summed E-state index contributed by atoms with van der Waals surface area (Å²) in [5, 5.41) is -0.157. The van der Waals surface area contributed by atoms with E-state index in [-0.39, 0.29) is 17.1 Å². The Hall–Kier alpha value is -1.48. The lowest BCUT2D eigenvalue weighted by Crippen LogP contribution is -2.29. The molecule has 5 nitrogen and oxygen atoms in total. The molecular weight excluding hydrogens is 391 g/mol. The minimum Gasteiger partial charge on any atom is -0.268 e. The van der Waals surface area contributed by atoms with Crippen LogP contribution < -0.4 is 0 Å². The van der Waals surface area contributed by atoms with E-state index in [0.717, 1.165) is 13.4 Å². The van der Waals surface area contributed by atoms with E-state index < -0.39 is 15.9 Å². The summed E-state index contributed by atoms with van der Waals surface area (Å²) in [6, 6.07) is 10.4. The molecule has 1 amide bonds. The summed E-state index contributed by atoms with van der Waals surface area (Å²) in [4.78, 5) is 16.0. The van der Waals surface area contributed by atoms with Gasteiger partial charge in [0.05, 0.1) is 12.1 Å². The topological polar surface area (TPSA) is 67.3 Å². The largest absolute Gasteiger partial charge is 0.285 e. The molecule has 0 aliphatic carbocycles. The Balaban J connectivity index is 2.00. The third-order valence-electron chi connectivity index (χ3n) is 3.00. The third kappa shape index (κ3) is 2.10. The summed E-state index contributed by atoms with van der Waals surface area (Å²) in [5.74, 6) is -0.522. The van der Waals surface area contributed by atoms with Crippen LogP contribution in [0.3, 0.4) is 0 Å². The summed E-state index contributed by atoms with van der Waals surface area (Å²) >= 11 is 2.16. The van der Waals surface area contributed by atoms with Crippen molar-refractivity contribution in [1.29, 1.82) is 0 Å². The average Bonchev–Trinajstić information content (AvgIpc) is 2.63. The van der Waals surface area contributed by atoms with Crippen molar-refractivity contribution in [2.24, 2.45) is 0 Å². The number of aromatic nitrogens is 1. The highest BCUT2D eigenvalue weighted by Gasteiger charge is 2.42. The summed E-state index contributed by atoms with van der Waals surface area (Å²) in [6.07, 6.45) is 1.37. The molecule has 2 aromatic rings. The minimum absolute atomic E-state index is 0.0223. The smallest absolute Gasteiger partial charge is 0.268 e. The van der Waals surface area contributed by atoms with E-state index in [4.69, 9.17) is 0 Å². The molecule has 0 saturated carbocycles. The van der Waals surface area contributed by atoms with E-state index in [0.29, 0.717) is 0 Å². The van der Waals surface area contributed by atoms with Crippen molar-refractivity contribution >= 4 is 38.5 Å². The Labute approximate surface area is 129 Å². The van der Waals surface area contributed by atoms with Crippen molar-refractivity contribution < 1.29 is 13.2 Å². The number of amides is 1.